The molecule has 0 spiro atoms. The van der Waals surface area contributed by atoms with Crippen molar-refractivity contribution in [2.24, 2.45) is 0 Å². The van der Waals surface area contributed by atoms with E-state index in [4.69, 9.17) is 23.2 Å². The highest BCUT2D eigenvalue weighted by atomic mass is 35.5. The predicted molar refractivity (Wildman–Crippen MR) is 82.4 cm³/mol. The summed E-state index contributed by atoms with van der Waals surface area (Å²) in [7, 11) is 0. The first kappa shape index (κ1) is 15.8. The number of hydrogen-bond acceptors (Lipinski definition) is 3. The molecule has 2 rings (SSSR count). The van der Waals surface area contributed by atoms with Crippen LogP contribution in [0.2, 0.25) is 10.0 Å². The van der Waals surface area contributed by atoms with Crippen molar-refractivity contribution < 1.29 is 9.90 Å². The van der Waals surface area contributed by atoms with Gasteiger partial charge in [-0.2, -0.15) is 0 Å². The second kappa shape index (κ2) is 7.41. The predicted octanol–water partition coefficient (Wildman–Crippen LogP) is 2.78. The molecule has 1 atom stereocenters. The summed E-state index contributed by atoms with van der Waals surface area (Å²) in [5, 5.41) is 13.6. The van der Waals surface area contributed by atoms with Crippen LogP contribution in [0.5, 0.6) is 0 Å². The molecule has 1 aromatic heterocycles. The van der Waals surface area contributed by atoms with Crippen LogP contribution in [0.15, 0.2) is 42.7 Å². The van der Waals surface area contributed by atoms with Crippen LogP contribution >= 0.6 is 23.2 Å². The van der Waals surface area contributed by atoms with E-state index in [1.165, 1.54) is 0 Å². The lowest BCUT2D eigenvalue weighted by Gasteiger charge is -2.13. The van der Waals surface area contributed by atoms with Gasteiger partial charge in [-0.05, 0) is 35.4 Å². The number of carbonyl (C=O) groups excluding carboxylic acids is 1. The Bertz CT molecular complexity index is 600. The molecule has 1 heterocycles. The Labute approximate surface area is 132 Å². The fraction of sp³-hybridized carbons (Fsp3) is 0.200. The summed E-state index contributed by atoms with van der Waals surface area (Å²) >= 11 is 11.7. The second-order valence-corrected chi connectivity index (χ2v) is 5.43. The van der Waals surface area contributed by atoms with E-state index in [-0.39, 0.29) is 18.9 Å². The molecule has 1 unspecified atom stereocenters. The third-order valence-electron chi connectivity index (χ3n) is 2.85. The lowest BCUT2D eigenvalue weighted by atomic mass is 10.1. The molecule has 0 aliphatic carbocycles. The van der Waals surface area contributed by atoms with Crippen molar-refractivity contribution in [1.82, 2.24) is 10.3 Å². The van der Waals surface area contributed by atoms with Gasteiger partial charge in [0.25, 0.3) is 0 Å². The molecule has 0 saturated carbocycles. The minimum absolute atomic E-state index is 0.0930. The van der Waals surface area contributed by atoms with Crippen LogP contribution in [0, 0.1) is 0 Å². The van der Waals surface area contributed by atoms with Gasteiger partial charge in [-0.25, -0.2) is 0 Å². The summed E-state index contributed by atoms with van der Waals surface area (Å²) in [5.74, 6) is -0.185. The van der Waals surface area contributed by atoms with Gasteiger partial charge in [0.05, 0.1) is 12.5 Å². The van der Waals surface area contributed by atoms with Gasteiger partial charge >= 0.3 is 0 Å². The van der Waals surface area contributed by atoms with Crippen LogP contribution in [0.25, 0.3) is 0 Å². The molecule has 4 nitrogen and oxygen atoms in total. The van der Waals surface area contributed by atoms with E-state index in [9.17, 15) is 9.90 Å². The van der Waals surface area contributed by atoms with E-state index in [1.807, 2.05) is 6.07 Å². The number of nitrogens with zero attached hydrogens (tertiary/aromatic N) is 1. The summed E-state index contributed by atoms with van der Waals surface area (Å²) in [5.41, 5.74) is 1.38. The van der Waals surface area contributed by atoms with Crippen molar-refractivity contribution in [3.63, 3.8) is 0 Å². The largest absolute Gasteiger partial charge is 0.387 e. The van der Waals surface area contributed by atoms with E-state index < -0.39 is 6.10 Å². The zero-order valence-corrected chi connectivity index (χ0v) is 12.6. The lowest BCUT2D eigenvalue weighted by molar-refractivity contribution is -0.120. The zero-order chi connectivity index (χ0) is 15.2. The van der Waals surface area contributed by atoms with Gasteiger partial charge in [0, 0.05) is 29.0 Å². The van der Waals surface area contributed by atoms with E-state index >= 15 is 0 Å². The third-order valence-corrected chi connectivity index (χ3v) is 3.29. The number of pyridine rings is 1. The molecular formula is C15H14Cl2N2O2. The van der Waals surface area contributed by atoms with Gasteiger partial charge in [0.1, 0.15) is 0 Å². The summed E-state index contributed by atoms with van der Waals surface area (Å²) in [6.45, 7) is 0.0930. The molecule has 2 aromatic rings. The molecule has 0 bridgehead atoms. The van der Waals surface area contributed by atoms with Crippen molar-refractivity contribution in [3.8, 4) is 0 Å². The Morgan fingerprint density at radius 2 is 2.00 bits per heavy atom. The number of amides is 1. The smallest absolute Gasteiger partial charge is 0.224 e. The van der Waals surface area contributed by atoms with Crippen LogP contribution < -0.4 is 5.32 Å². The topological polar surface area (TPSA) is 62.2 Å². The Hall–Kier alpha value is -1.62. The minimum atomic E-state index is -0.862. The van der Waals surface area contributed by atoms with Gasteiger partial charge in [-0.3, -0.25) is 9.78 Å². The van der Waals surface area contributed by atoms with Gasteiger partial charge in [0.2, 0.25) is 5.91 Å². The third kappa shape index (κ3) is 5.01. The minimum Gasteiger partial charge on any atom is -0.387 e. The number of aliphatic hydroxyl groups excluding tert-OH is 1. The van der Waals surface area contributed by atoms with Crippen LogP contribution in [-0.4, -0.2) is 22.5 Å². The summed E-state index contributed by atoms with van der Waals surface area (Å²) < 4.78 is 0. The Balaban J connectivity index is 1.88. The number of carbonyl (C=O) groups is 1. The standard InChI is InChI=1S/C15H14Cl2N2O2/c16-12-5-11(6-13(17)7-12)14(20)9-19-15(21)4-10-2-1-3-18-8-10/h1-3,5-8,14,20H,4,9H2,(H,19,21). The maximum absolute atomic E-state index is 11.8. The normalized spacial score (nSPS) is 12.0. The van der Waals surface area contributed by atoms with E-state index in [0.29, 0.717) is 15.6 Å². The van der Waals surface area contributed by atoms with Crippen LogP contribution in [0.3, 0.4) is 0 Å². The molecule has 0 aliphatic rings. The SMILES string of the molecule is O=C(Cc1cccnc1)NCC(O)c1cc(Cl)cc(Cl)c1. The molecule has 6 heteroatoms. The summed E-state index contributed by atoms with van der Waals surface area (Å²) in [6.07, 6.45) is 2.64. The molecular weight excluding hydrogens is 311 g/mol. The molecule has 0 fully saturated rings. The van der Waals surface area contributed by atoms with Crippen molar-refractivity contribution in [2.75, 3.05) is 6.54 Å². The van der Waals surface area contributed by atoms with Crippen LogP contribution in [0.1, 0.15) is 17.2 Å². The second-order valence-electron chi connectivity index (χ2n) is 4.56. The average molecular weight is 325 g/mol. The van der Waals surface area contributed by atoms with Gasteiger partial charge in [0.15, 0.2) is 0 Å². The quantitative estimate of drug-likeness (QED) is 0.889. The maximum atomic E-state index is 11.8. The fourth-order valence-electron chi connectivity index (χ4n) is 1.85. The molecule has 21 heavy (non-hydrogen) atoms. The molecule has 1 aromatic carbocycles. The number of aliphatic hydroxyl groups is 1. The summed E-state index contributed by atoms with van der Waals surface area (Å²) in [4.78, 5) is 15.7. The number of rotatable bonds is 5. The van der Waals surface area contributed by atoms with E-state index in [1.54, 1.807) is 36.7 Å². The lowest BCUT2D eigenvalue weighted by Crippen LogP contribution is -2.29. The monoisotopic (exact) mass is 324 g/mol. The highest BCUT2D eigenvalue weighted by Gasteiger charge is 2.11. The van der Waals surface area contributed by atoms with E-state index in [0.717, 1.165) is 5.56 Å². The van der Waals surface area contributed by atoms with Crippen LogP contribution in [0.4, 0.5) is 0 Å². The van der Waals surface area contributed by atoms with E-state index in [2.05, 4.69) is 10.3 Å². The number of nitrogens with one attached hydrogen (secondary N) is 1. The van der Waals surface area contributed by atoms with Gasteiger partial charge in [-0.1, -0.05) is 29.3 Å². The van der Waals surface area contributed by atoms with Crippen molar-refractivity contribution >= 4 is 29.1 Å². The van der Waals surface area contributed by atoms with Crippen molar-refractivity contribution in [3.05, 3.63) is 63.9 Å². The van der Waals surface area contributed by atoms with Crippen molar-refractivity contribution in [2.45, 2.75) is 12.5 Å². The van der Waals surface area contributed by atoms with Gasteiger partial charge in [-0.15, -0.1) is 0 Å². The highest BCUT2D eigenvalue weighted by Crippen LogP contribution is 2.23. The number of halogens is 2. The summed E-state index contributed by atoms with van der Waals surface area (Å²) in [6, 6.07) is 8.41. The van der Waals surface area contributed by atoms with Crippen molar-refractivity contribution in [1.29, 1.82) is 0 Å². The number of aromatic nitrogens is 1. The fourth-order valence-corrected chi connectivity index (χ4v) is 2.39. The average Bonchev–Trinajstić information content (AvgIpc) is 2.45. The molecule has 0 saturated heterocycles. The number of hydrogen-bond donors (Lipinski definition) is 2. The Morgan fingerprint density at radius 3 is 2.62 bits per heavy atom. The molecule has 0 aliphatic heterocycles. The Morgan fingerprint density at radius 1 is 1.29 bits per heavy atom. The first-order chi connectivity index (χ1) is 10.0. The first-order valence-electron chi connectivity index (χ1n) is 6.34. The molecule has 0 radical (unpaired) electrons. The maximum Gasteiger partial charge on any atom is 0.224 e. The van der Waals surface area contributed by atoms with Gasteiger partial charge < -0.3 is 10.4 Å². The van der Waals surface area contributed by atoms with Crippen LogP contribution in [-0.2, 0) is 11.2 Å². The zero-order valence-electron chi connectivity index (χ0n) is 11.1. The highest BCUT2D eigenvalue weighted by molar-refractivity contribution is 6.34. The first-order valence-corrected chi connectivity index (χ1v) is 7.10. The number of benzene rings is 1. The molecule has 1 amide bonds. The molecule has 2 N–H and O–H groups in total. The molecule has 110 valence electrons. The Kier molecular flexibility index (Phi) is 5.56.